The van der Waals surface area contributed by atoms with Crippen molar-refractivity contribution >= 4 is 17.5 Å². The molecule has 1 aromatic carbocycles. The zero-order chi connectivity index (χ0) is 25.7. The predicted octanol–water partition coefficient (Wildman–Crippen LogP) is 4.40. The van der Waals surface area contributed by atoms with E-state index in [4.69, 9.17) is 0 Å². The Morgan fingerprint density at radius 3 is 2.46 bits per heavy atom. The molecule has 0 spiro atoms. The summed E-state index contributed by atoms with van der Waals surface area (Å²) in [6.45, 7) is 6.62. The molecular formula is C30H35N5O2. The molecule has 7 nitrogen and oxygen atoms in total. The number of aromatic nitrogens is 2. The number of likely N-dealkylation sites (N-methyl/N-ethyl adjacent to an activating group) is 1. The van der Waals surface area contributed by atoms with Crippen molar-refractivity contribution in [3.63, 3.8) is 0 Å². The maximum atomic E-state index is 13.6. The van der Waals surface area contributed by atoms with Crippen LogP contribution < -0.4 is 10.6 Å². The first kappa shape index (κ1) is 23.9. The van der Waals surface area contributed by atoms with E-state index in [1.165, 1.54) is 12.0 Å². The molecule has 0 bridgehead atoms. The average Bonchev–Trinajstić information content (AvgIpc) is 3.27. The second kappa shape index (κ2) is 9.45. The SMILES string of the molecule is Cc1ccnc(C)c1-c1ccc(NC(=O)C(NC(=O)c2ccc3n2CCN(C)C3)C2C[C@@H]3C[C@@H]3C2)cc1. The molecule has 2 saturated carbocycles. The quantitative estimate of drug-likeness (QED) is 0.529. The van der Waals surface area contributed by atoms with Gasteiger partial charge >= 0.3 is 0 Å². The summed E-state index contributed by atoms with van der Waals surface area (Å²) < 4.78 is 2.09. The Hall–Kier alpha value is -3.45. The third kappa shape index (κ3) is 4.68. The summed E-state index contributed by atoms with van der Waals surface area (Å²) in [5.41, 5.74) is 6.88. The molecule has 1 aliphatic heterocycles. The Morgan fingerprint density at radius 1 is 0.973 bits per heavy atom. The van der Waals surface area contributed by atoms with Gasteiger partial charge in [0.15, 0.2) is 0 Å². The van der Waals surface area contributed by atoms with Gasteiger partial charge in [0.1, 0.15) is 11.7 Å². The maximum absolute atomic E-state index is 13.6. The Balaban J connectivity index is 1.19. The van der Waals surface area contributed by atoms with Crippen molar-refractivity contribution in [3.8, 4) is 11.1 Å². The standard InChI is InChI=1S/C30H35N5O2/c1-18-10-11-31-19(2)27(18)20-4-6-24(7-5-20)32-30(37)28(23-15-21-14-22(21)16-23)33-29(36)26-9-8-25-17-34(3)12-13-35(25)26/h4-11,21-23,28H,12-17H2,1-3H3,(H,32,37)(H,33,36)/t21-,22+,23?,28?. The van der Waals surface area contributed by atoms with Crippen LogP contribution in [0.4, 0.5) is 5.69 Å². The fraction of sp³-hybridized carbons (Fsp3) is 0.433. The van der Waals surface area contributed by atoms with E-state index in [0.29, 0.717) is 5.69 Å². The van der Waals surface area contributed by atoms with Crippen molar-refractivity contribution in [2.75, 3.05) is 18.9 Å². The summed E-state index contributed by atoms with van der Waals surface area (Å²) in [6.07, 6.45) is 5.12. The van der Waals surface area contributed by atoms with Gasteiger partial charge in [0.05, 0.1) is 0 Å². The van der Waals surface area contributed by atoms with Gasteiger partial charge in [-0.15, -0.1) is 0 Å². The number of nitrogens with zero attached hydrogens (tertiary/aromatic N) is 3. The average molecular weight is 498 g/mol. The molecule has 3 aromatic rings. The van der Waals surface area contributed by atoms with Crippen LogP contribution in [0.25, 0.3) is 11.1 Å². The lowest BCUT2D eigenvalue weighted by atomic mass is 9.93. The highest BCUT2D eigenvalue weighted by Gasteiger charge is 2.49. The van der Waals surface area contributed by atoms with Crippen LogP contribution in [0.3, 0.4) is 0 Å². The first-order chi connectivity index (χ1) is 17.9. The van der Waals surface area contributed by atoms with Crippen molar-refractivity contribution in [1.29, 1.82) is 0 Å². The minimum Gasteiger partial charge on any atom is -0.339 e. The summed E-state index contributed by atoms with van der Waals surface area (Å²) in [6, 6.07) is 13.3. The van der Waals surface area contributed by atoms with Crippen molar-refractivity contribution in [2.45, 2.75) is 52.2 Å². The van der Waals surface area contributed by atoms with E-state index in [2.05, 4.69) is 39.1 Å². The molecule has 7 heteroatoms. The number of carbonyl (C=O) groups is 2. The second-order valence-electron chi connectivity index (χ2n) is 11.2. The topological polar surface area (TPSA) is 79.3 Å². The number of fused-ring (bicyclic) bond motifs is 2. The summed E-state index contributed by atoms with van der Waals surface area (Å²) in [4.78, 5) is 33.7. The monoisotopic (exact) mass is 497 g/mol. The fourth-order valence-corrected chi connectivity index (χ4v) is 6.45. The maximum Gasteiger partial charge on any atom is 0.268 e. The number of rotatable bonds is 6. The molecule has 2 fully saturated rings. The lowest BCUT2D eigenvalue weighted by Gasteiger charge is -2.28. The zero-order valence-corrected chi connectivity index (χ0v) is 21.8. The number of hydrogen-bond acceptors (Lipinski definition) is 4. The minimum atomic E-state index is -0.541. The van der Waals surface area contributed by atoms with Crippen LogP contribution in [0, 0.1) is 31.6 Å². The normalized spacial score (nSPS) is 23.2. The summed E-state index contributed by atoms with van der Waals surface area (Å²) >= 11 is 0. The van der Waals surface area contributed by atoms with Gasteiger partial charge in [-0.2, -0.15) is 0 Å². The molecule has 2 aliphatic carbocycles. The highest BCUT2D eigenvalue weighted by atomic mass is 16.2. The summed E-state index contributed by atoms with van der Waals surface area (Å²) in [5.74, 6) is 1.33. The van der Waals surface area contributed by atoms with Crippen LogP contribution in [0.2, 0.25) is 0 Å². The van der Waals surface area contributed by atoms with Gasteiger partial charge in [0, 0.05) is 48.5 Å². The molecule has 3 aliphatic rings. The number of nitrogens with one attached hydrogen (secondary N) is 2. The van der Waals surface area contributed by atoms with Gasteiger partial charge < -0.3 is 15.2 Å². The molecule has 3 heterocycles. The molecule has 2 aromatic heterocycles. The number of benzene rings is 1. The Morgan fingerprint density at radius 2 is 1.73 bits per heavy atom. The van der Waals surface area contributed by atoms with E-state index in [0.717, 1.165) is 72.5 Å². The Kier molecular flexibility index (Phi) is 6.11. The molecule has 4 atom stereocenters. The van der Waals surface area contributed by atoms with E-state index in [9.17, 15) is 9.59 Å². The summed E-state index contributed by atoms with van der Waals surface area (Å²) in [7, 11) is 2.09. The van der Waals surface area contributed by atoms with E-state index >= 15 is 0 Å². The zero-order valence-electron chi connectivity index (χ0n) is 21.8. The molecule has 0 radical (unpaired) electrons. The smallest absolute Gasteiger partial charge is 0.268 e. The molecule has 6 rings (SSSR count). The predicted molar refractivity (Wildman–Crippen MR) is 144 cm³/mol. The van der Waals surface area contributed by atoms with Crippen LogP contribution >= 0.6 is 0 Å². The van der Waals surface area contributed by atoms with Gasteiger partial charge in [-0.05, 0) is 99.4 Å². The van der Waals surface area contributed by atoms with Crippen molar-refractivity contribution < 1.29 is 9.59 Å². The highest BCUT2D eigenvalue weighted by Crippen LogP contribution is 2.55. The van der Waals surface area contributed by atoms with Crippen LogP contribution in [0.5, 0.6) is 0 Å². The van der Waals surface area contributed by atoms with Gasteiger partial charge in [0.2, 0.25) is 5.91 Å². The van der Waals surface area contributed by atoms with Crippen LogP contribution in [-0.2, 0) is 17.9 Å². The molecule has 0 saturated heterocycles. The fourth-order valence-electron chi connectivity index (χ4n) is 6.45. The van der Waals surface area contributed by atoms with Gasteiger partial charge in [-0.25, -0.2) is 0 Å². The van der Waals surface area contributed by atoms with E-state index < -0.39 is 6.04 Å². The van der Waals surface area contributed by atoms with Crippen LogP contribution in [-0.4, -0.2) is 45.9 Å². The van der Waals surface area contributed by atoms with Crippen LogP contribution in [0.15, 0.2) is 48.7 Å². The number of aryl methyl sites for hydroxylation is 2. The Bertz CT molecular complexity index is 1310. The van der Waals surface area contributed by atoms with Gasteiger partial charge in [-0.1, -0.05) is 12.1 Å². The van der Waals surface area contributed by atoms with Gasteiger partial charge in [0.25, 0.3) is 5.91 Å². The lowest BCUT2D eigenvalue weighted by Crippen LogP contribution is -2.49. The molecule has 2 amide bonds. The van der Waals surface area contributed by atoms with Crippen LogP contribution in [0.1, 0.15) is 46.7 Å². The Labute approximate surface area is 218 Å². The number of hydrogen-bond donors (Lipinski definition) is 2. The molecule has 2 N–H and O–H groups in total. The number of amides is 2. The number of anilines is 1. The van der Waals surface area contributed by atoms with Crippen molar-refractivity contribution in [2.24, 2.45) is 17.8 Å². The third-order valence-corrected chi connectivity index (χ3v) is 8.55. The number of pyridine rings is 1. The first-order valence-electron chi connectivity index (χ1n) is 13.4. The van der Waals surface area contributed by atoms with E-state index in [1.807, 2.05) is 55.6 Å². The molecule has 37 heavy (non-hydrogen) atoms. The summed E-state index contributed by atoms with van der Waals surface area (Å²) in [5, 5.41) is 6.23. The van der Waals surface area contributed by atoms with E-state index in [1.54, 1.807) is 0 Å². The highest BCUT2D eigenvalue weighted by molar-refractivity contribution is 6.01. The first-order valence-corrected chi connectivity index (χ1v) is 13.4. The third-order valence-electron chi connectivity index (χ3n) is 8.55. The van der Waals surface area contributed by atoms with E-state index in [-0.39, 0.29) is 17.7 Å². The minimum absolute atomic E-state index is 0.133. The largest absolute Gasteiger partial charge is 0.339 e. The molecular weight excluding hydrogens is 462 g/mol. The van der Waals surface area contributed by atoms with Crippen molar-refractivity contribution in [1.82, 2.24) is 19.8 Å². The molecule has 192 valence electrons. The lowest BCUT2D eigenvalue weighted by molar-refractivity contribution is -0.119. The van der Waals surface area contributed by atoms with Crippen molar-refractivity contribution in [3.05, 3.63) is 71.3 Å². The number of carbonyl (C=O) groups excluding carboxylic acids is 2. The second-order valence-corrected chi connectivity index (χ2v) is 11.2. The molecule has 2 unspecified atom stereocenters. The van der Waals surface area contributed by atoms with Gasteiger partial charge in [-0.3, -0.25) is 19.5 Å².